The molecule has 0 atom stereocenters. The highest BCUT2D eigenvalue weighted by Crippen LogP contribution is 2.20. The molecule has 0 spiro atoms. The van der Waals surface area contributed by atoms with Gasteiger partial charge in [0.25, 0.3) is 5.91 Å². The van der Waals surface area contributed by atoms with Crippen molar-refractivity contribution in [3.63, 3.8) is 0 Å². The van der Waals surface area contributed by atoms with E-state index in [0.29, 0.717) is 30.5 Å². The zero-order valence-corrected chi connectivity index (χ0v) is 15.7. The van der Waals surface area contributed by atoms with Gasteiger partial charge in [-0.25, -0.2) is 23.5 Å². The Balaban J connectivity index is 1.47. The number of nitrogens with one attached hydrogen (secondary N) is 2. The Kier molecular flexibility index (Phi) is 6.02. The van der Waals surface area contributed by atoms with Crippen molar-refractivity contribution >= 4 is 21.9 Å². The molecule has 0 saturated heterocycles. The fraction of sp³-hybridized carbons (Fsp3) is 0.389. The van der Waals surface area contributed by atoms with Crippen LogP contribution in [0, 0.1) is 0 Å². The van der Waals surface area contributed by atoms with Crippen molar-refractivity contribution in [2.24, 2.45) is 5.14 Å². The quantitative estimate of drug-likeness (QED) is 0.658. The zero-order chi connectivity index (χ0) is 19.3. The Hall–Kier alpha value is -2.52. The lowest BCUT2D eigenvalue weighted by molar-refractivity contribution is 0.0953. The fourth-order valence-electron chi connectivity index (χ4n) is 3.04. The summed E-state index contributed by atoms with van der Waals surface area (Å²) in [4.78, 5) is 20.7. The van der Waals surface area contributed by atoms with Crippen LogP contribution in [0.5, 0.6) is 0 Å². The Morgan fingerprint density at radius 2 is 1.74 bits per heavy atom. The predicted octanol–water partition coefficient (Wildman–Crippen LogP) is 1.45. The maximum absolute atomic E-state index is 12.2. The summed E-state index contributed by atoms with van der Waals surface area (Å²) in [7, 11) is -3.69. The standard InChI is InChI=1S/C18H23N5O3S/c19-27(25,26)16-7-5-13(6-8-16)9-10-20-17(24)14-11-21-18(22-12-14)23-15-3-1-2-4-15/h5-8,11-12,15H,1-4,9-10H2,(H,20,24)(H2,19,25,26)(H,21,22,23). The van der Waals surface area contributed by atoms with Crippen molar-refractivity contribution in [1.82, 2.24) is 15.3 Å². The summed E-state index contributed by atoms with van der Waals surface area (Å²) in [5.41, 5.74) is 1.30. The van der Waals surface area contributed by atoms with Crippen LogP contribution < -0.4 is 15.8 Å². The molecular weight excluding hydrogens is 366 g/mol. The second-order valence-corrected chi connectivity index (χ2v) is 8.18. The molecule has 0 bridgehead atoms. The van der Waals surface area contributed by atoms with E-state index < -0.39 is 10.0 Å². The van der Waals surface area contributed by atoms with Crippen molar-refractivity contribution in [2.75, 3.05) is 11.9 Å². The van der Waals surface area contributed by atoms with Gasteiger partial charge >= 0.3 is 0 Å². The summed E-state index contributed by atoms with van der Waals surface area (Å²) in [6, 6.07) is 6.69. The van der Waals surface area contributed by atoms with Crippen LogP contribution in [0.4, 0.5) is 5.95 Å². The summed E-state index contributed by atoms with van der Waals surface area (Å²) < 4.78 is 22.5. The highest BCUT2D eigenvalue weighted by Gasteiger charge is 2.16. The molecule has 3 rings (SSSR count). The van der Waals surface area contributed by atoms with Crippen molar-refractivity contribution in [2.45, 2.75) is 43.0 Å². The molecule has 1 fully saturated rings. The van der Waals surface area contributed by atoms with E-state index in [1.165, 1.54) is 37.4 Å². The molecule has 1 heterocycles. The molecule has 0 unspecified atom stereocenters. The van der Waals surface area contributed by atoms with E-state index in [-0.39, 0.29) is 10.8 Å². The lowest BCUT2D eigenvalue weighted by Crippen LogP contribution is -2.26. The van der Waals surface area contributed by atoms with E-state index in [1.54, 1.807) is 12.1 Å². The molecule has 9 heteroatoms. The molecule has 1 aliphatic carbocycles. The van der Waals surface area contributed by atoms with E-state index in [9.17, 15) is 13.2 Å². The summed E-state index contributed by atoms with van der Waals surface area (Å²) in [5.74, 6) is 0.303. The zero-order valence-electron chi connectivity index (χ0n) is 14.9. The average Bonchev–Trinajstić information content (AvgIpc) is 3.15. The van der Waals surface area contributed by atoms with Crippen molar-refractivity contribution < 1.29 is 13.2 Å². The largest absolute Gasteiger partial charge is 0.352 e. The number of hydrogen-bond acceptors (Lipinski definition) is 6. The SMILES string of the molecule is NS(=O)(=O)c1ccc(CCNC(=O)c2cnc(NC3CCCC3)nc2)cc1. The molecule has 0 aliphatic heterocycles. The number of primary sulfonamides is 1. The number of nitrogens with zero attached hydrogens (tertiary/aromatic N) is 2. The summed E-state index contributed by atoms with van der Waals surface area (Å²) in [6.07, 6.45) is 8.30. The van der Waals surface area contributed by atoms with E-state index >= 15 is 0 Å². The van der Waals surface area contributed by atoms with E-state index in [1.807, 2.05) is 0 Å². The van der Waals surface area contributed by atoms with Gasteiger partial charge in [-0.05, 0) is 37.0 Å². The first kappa shape index (κ1) is 19.2. The molecule has 0 radical (unpaired) electrons. The number of carbonyl (C=O) groups is 1. The van der Waals surface area contributed by atoms with Crippen LogP contribution in [0.15, 0.2) is 41.6 Å². The predicted molar refractivity (Wildman–Crippen MR) is 102 cm³/mol. The van der Waals surface area contributed by atoms with E-state index in [0.717, 1.165) is 18.4 Å². The molecule has 1 aliphatic rings. The molecule has 4 N–H and O–H groups in total. The molecular formula is C18H23N5O3S. The van der Waals surface area contributed by atoms with Crippen LogP contribution in [0.3, 0.4) is 0 Å². The molecule has 1 saturated carbocycles. The number of amides is 1. The number of anilines is 1. The van der Waals surface area contributed by atoms with Gasteiger partial charge in [0, 0.05) is 25.0 Å². The minimum atomic E-state index is -3.69. The van der Waals surface area contributed by atoms with Crippen molar-refractivity contribution in [3.05, 3.63) is 47.8 Å². The maximum Gasteiger partial charge on any atom is 0.254 e. The van der Waals surface area contributed by atoms with Gasteiger partial charge in [0.1, 0.15) is 0 Å². The average molecular weight is 389 g/mol. The number of rotatable bonds is 7. The van der Waals surface area contributed by atoms with Crippen molar-refractivity contribution in [3.8, 4) is 0 Å². The third kappa shape index (κ3) is 5.48. The van der Waals surface area contributed by atoms with Gasteiger partial charge in [0.15, 0.2) is 0 Å². The number of carbonyl (C=O) groups excluding carboxylic acids is 1. The third-order valence-corrected chi connectivity index (χ3v) is 5.48. The van der Waals surface area contributed by atoms with Crippen LogP contribution in [-0.2, 0) is 16.4 Å². The first-order valence-electron chi connectivity index (χ1n) is 8.90. The second-order valence-electron chi connectivity index (χ2n) is 6.62. The van der Waals surface area contributed by atoms with Gasteiger partial charge in [0.05, 0.1) is 10.5 Å². The van der Waals surface area contributed by atoms with Gasteiger partial charge in [0.2, 0.25) is 16.0 Å². The van der Waals surface area contributed by atoms with E-state index in [2.05, 4.69) is 20.6 Å². The first-order valence-corrected chi connectivity index (χ1v) is 10.4. The van der Waals surface area contributed by atoms with Gasteiger partial charge in [-0.3, -0.25) is 4.79 Å². The highest BCUT2D eigenvalue weighted by atomic mass is 32.2. The van der Waals surface area contributed by atoms with Crippen LogP contribution in [0.1, 0.15) is 41.6 Å². The topological polar surface area (TPSA) is 127 Å². The number of benzene rings is 1. The monoisotopic (exact) mass is 389 g/mol. The Labute approximate surface area is 158 Å². The Morgan fingerprint density at radius 3 is 2.33 bits per heavy atom. The summed E-state index contributed by atoms with van der Waals surface area (Å²) in [5, 5.41) is 11.1. The number of hydrogen-bond donors (Lipinski definition) is 3. The lowest BCUT2D eigenvalue weighted by Gasteiger charge is -2.11. The maximum atomic E-state index is 12.2. The van der Waals surface area contributed by atoms with Gasteiger partial charge in [-0.1, -0.05) is 25.0 Å². The second kappa shape index (κ2) is 8.45. The van der Waals surface area contributed by atoms with Crippen LogP contribution >= 0.6 is 0 Å². The molecule has 1 aromatic carbocycles. The smallest absolute Gasteiger partial charge is 0.254 e. The van der Waals surface area contributed by atoms with E-state index in [4.69, 9.17) is 5.14 Å². The Bertz CT molecular complexity index is 876. The molecule has 2 aromatic rings. The minimum absolute atomic E-state index is 0.0683. The first-order chi connectivity index (χ1) is 12.9. The number of nitrogens with two attached hydrogens (primary N) is 1. The van der Waals surface area contributed by atoms with Crippen molar-refractivity contribution in [1.29, 1.82) is 0 Å². The summed E-state index contributed by atoms with van der Waals surface area (Å²) >= 11 is 0. The van der Waals surface area contributed by atoms with Gasteiger partial charge in [-0.2, -0.15) is 0 Å². The van der Waals surface area contributed by atoms with Crippen LogP contribution in [0.25, 0.3) is 0 Å². The minimum Gasteiger partial charge on any atom is -0.352 e. The fourth-order valence-corrected chi connectivity index (χ4v) is 3.56. The molecule has 8 nitrogen and oxygen atoms in total. The van der Waals surface area contributed by atoms with Gasteiger partial charge < -0.3 is 10.6 Å². The lowest BCUT2D eigenvalue weighted by atomic mass is 10.1. The molecule has 1 amide bonds. The number of aromatic nitrogens is 2. The third-order valence-electron chi connectivity index (χ3n) is 4.55. The molecule has 1 aromatic heterocycles. The van der Waals surface area contributed by atoms with Crippen LogP contribution in [-0.4, -0.2) is 36.9 Å². The Morgan fingerprint density at radius 1 is 1.11 bits per heavy atom. The molecule has 144 valence electrons. The highest BCUT2D eigenvalue weighted by molar-refractivity contribution is 7.89. The molecule has 27 heavy (non-hydrogen) atoms. The summed E-state index contributed by atoms with van der Waals surface area (Å²) in [6.45, 7) is 0.412. The van der Waals surface area contributed by atoms with Crippen LogP contribution in [0.2, 0.25) is 0 Å². The van der Waals surface area contributed by atoms with Gasteiger partial charge in [-0.15, -0.1) is 0 Å². The number of sulfonamides is 1. The normalized spacial score (nSPS) is 14.9.